The number of ether oxygens (including phenoxy) is 2. The van der Waals surface area contributed by atoms with Crippen LogP contribution in [0.5, 0.6) is 11.5 Å². The first-order valence-electron chi connectivity index (χ1n) is 14.2. The molecule has 44 heavy (non-hydrogen) atoms. The van der Waals surface area contributed by atoms with Crippen LogP contribution in [0.3, 0.4) is 0 Å². The Morgan fingerprint density at radius 1 is 1.14 bits per heavy atom. The Hall–Kier alpha value is -3.97. The highest BCUT2D eigenvalue weighted by Crippen LogP contribution is 2.36. The van der Waals surface area contributed by atoms with E-state index in [-0.39, 0.29) is 56.1 Å². The molecule has 13 heteroatoms. The molecular formula is C31H37ClN2O10. The van der Waals surface area contributed by atoms with Crippen LogP contribution in [0.1, 0.15) is 37.7 Å². The molecule has 0 bridgehead atoms. The van der Waals surface area contributed by atoms with Gasteiger partial charge in [-0.1, -0.05) is 60.2 Å². The average molecular weight is 633 g/mol. The number of hydrogen-bond donors (Lipinski definition) is 4. The SMILES string of the molecule is O=C(CCCC=CC[C@@H]1[C@@H](C=C[C@@H](O)COc2cccc(Cl)c2)[C@H](O)C[C@@H]1O)NCC(=O)Oc1ccccc1CO[N+](=O)[O-]. The van der Waals surface area contributed by atoms with Crippen molar-refractivity contribution in [2.75, 3.05) is 13.2 Å². The summed E-state index contributed by atoms with van der Waals surface area (Å²) in [5.74, 6) is -0.995. The molecule has 2 aromatic carbocycles. The maximum absolute atomic E-state index is 12.1. The summed E-state index contributed by atoms with van der Waals surface area (Å²) >= 11 is 5.94. The van der Waals surface area contributed by atoms with Gasteiger partial charge in [-0.3, -0.25) is 4.79 Å². The molecular weight excluding hydrogens is 596 g/mol. The number of carbonyl (C=O) groups excluding carboxylic acids is 2. The van der Waals surface area contributed by atoms with E-state index in [0.717, 1.165) is 0 Å². The second kappa shape index (κ2) is 18.0. The van der Waals surface area contributed by atoms with Crippen molar-refractivity contribution in [1.82, 2.24) is 5.32 Å². The lowest BCUT2D eigenvalue weighted by molar-refractivity contribution is -0.763. The van der Waals surface area contributed by atoms with Crippen LogP contribution in [-0.2, 0) is 21.0 Å². The predicted octanol–water partition coefficient (Wildman–Crippen LogP) is 3.54. The van der Waals surface area contributed by atoms with Gasteiger partial charge in [-0.15, -0.1) is 10.1 Å². The van der Waals surface area contributed by atoms with Crippen LogP contribution in [0.25, 0.3) is 0 Å². The van der Waals surface area contributed by atoms with Crippen molar-refractivity contribution in [2.45, 2.75) is 57.0 Å². The van der Waals surface area contributed by atoms with Gasteiger partial charge >= 0.3 is 5.97 Å². The van der Waals surface area contributed by atoms with Gasteiger partial charge in [0.25, 0.3) is 5.09 Å². The highest BCUT2D eigenvalue weighted by Gasteiger charge is 2.39. The highest BCUT2D eigenvalue weighted by molar-refractivity contribution is 6.30. The highest BCUT2D eigenvalue weighted by atomic mass is 35.5. The quantitative estimate of drug-likeness (QED) is 0.0503. The lowest BCUT2D eigenvalue weighted by Crippen LogP contribution is -2.31. The van der Waals surface area contributed by atoms with Crippen molar-refractivity contribution in [3.63, 3.8) is 0 Å². The van der Waals surface area contributed by atoms with Crippen LogP contribution in [0.2, 0.25) is 5.02 Å². The standard InChI is InChI=1S/C31H37ClN2O10/c32-22-9-7-10-24(16-22)42-20-23(35)14-15-26-25(27(36)17-28(26)37)11-3-1-2-4-13-30(38)33-18-31(39)44-29-12-6-5-8-21(29)19-43-34(40)41/h1,3,5-10,12,14-16,23,25-28,35-37H,2,4,11,13,17-20H2,(H,33,38)/t23-,25-,26-,27+,28-/m1/s1. The number of benzene rings is 2. The molecule has 0 unspecified atom stereocenters. The number of allylic oxidation sites excluding steroid dienone is 2. The molecule has 238 valence electrons. The van der Waals surface area contributed by atoms with Gasteiger partial charge in [0, 0.05) is 29.3 Å². The minimum atomic E-state index is -0.944. The van der Waals surface area contributed by atoms with E-state index in [4.69, 9.17) is 21.1 Å². The Kier molecular flexibility index (Phi) is 14.1. The Bertz CT molecular complexity index is 1300. The van der Waals surface area contributed by atoms with Crippen LogP contribution in [0.15, 0.2) is 72.8 Å². The Labute approximate surface area is 260 Å². The van der Waals surface area contributed by atoms with Gasteiger partial charge < -0.3 is 34.9 Å². The van der Waals surface area contributed by atoms with Gasteiger partial charge in [-0.05, 0) is 49.4 Å². The third-order valence-corrected chi connectivity index (χ3v) is 7.22. The van der Waals surface area contributed by atoms with Crippen LogP contribution >= 0.6 is 11.6 Å². The molecule has 4 N–H and O–H groups in total. The van der Waals surface area contributed by atoms with E-state index in [9.17, 15) is 35.0 Å². The molecule has 1 aliphatic rings. The van der Waals surface area contributed by atoms with Gasteiger partial charge in [0.1, 0.15) is 37.4 Å². The van der Waals surface area contributed by atoms with Crippen LogP contribution < -0.4 is 14.8 Å². The summed E-state index contributed by atoms with van der Waals surface area (Å²) in [4.78, 5) is 39.0. The van der Waals surface area contributed by atoms with Crippen molar-refractivity contribution < 1.29 is 44.3 Å². The summed E-state index contributed by atoms with van der Waals surface area (Å²) in [6, 6.07) is 13.1. The number of carbonyl (C=O) groups is 2. The second-order valence-corrected chi connectivity index (χ2v) is 10.7. The normalized spacial score (nSPS) is 20.5. The minimum Gasteiger partial charge on any atom is -0.491 e. The lowest BCUT2D eigenvalue weighted by Gasteiger charge is -2.19. The van der Waals surface area contributed by atoms with E-state index in [1.807, 2.05) is 12.2 Å². The molecule has 5 atom stereocenters. The number of unbranched alkanes of at least 4 members (excludes halogenated alkanes) is 1. The molecule has 0 radical (unpaired) electrons. The number of nitrogens with one attached hydrogen (secondary N) is 1. The monoisotopic (exact) mass is 632 g/mol. The fraction of sp³-hybridized carbons (Fsp3) is 0.419. The molecule has 0 aromatic heterocycles. The van der Waals surface area contributed by atoms with Gasteiger partial charge in [0.2, 0.25) is 5.91 Å². The summed E-state index contributed by atoms with van der Waals surface area (Å²) in [7, 11) is 0. The van der Waals surface area contributed by atoms with E-state index in [1.54, 1.807) is 48.6 Å². The number of aliphatic hydroxyl groups excluding tert-OH is 3. The lowest BCUT2D eigenvalue weighted by atomic mass is 9.89. The first-order chi connectivity index (χ1) is 21.1. The summed E-state index contributed by atoms with van der Waals surface area (Å²) in [6.07, 6.45) is 6.79. The number of nitrogens with zero attached hydrogens (tertiary/aromatic N) is 1. The summed E-state index contributed by atoms with van der Waals surface area (Å²) in [6.45, 7) is -0.730. The zero-order valence-corrected chi connectivity index (χ0v) is 24.8. The van der Waals surface area contributed by atoms with Crippen molar-refractivity contribution in [3.05, 3.63) is 93.5 Å². The number of rotatable bonds is 17. The van der Waals surface area contributed by atoms with Crippen molar-refractivity contribution in [3.8, 4) is 11.5 Å². The largest absolute Gasteiger partial charge is 0.491 e. The van der Waals surface area contributed by atoms with E-state index in [0.29, 0.717) is 35.6 Å². The molecule has 1 saturated carbocycles. The smallest absolute Gasteiger partial charge is 0.330 e. The van der Waals surface area contributed by atoms with E-state index in [1.165, 1.54) is 12.1 Å². The van der Waals surface area contributed by atoms with Crippen LogP contribution in [-0.4, -0.2) is 63.7 Å². The van der Waals surface area contributed by atoms with Crippen molar-refractivity contribution >= 4 is 23.5 Å². The average Bonchev–Trinajstić information content (AvgIpc) is 3.26. The number of halogens is 1. The number of para-hydroxylation sites is 1. The van der Waals surface area contributed by atoms with Crippen molar-refractivity contribution in [2.24, 2.45) is 11.8 Å². The second-order valence-electron chi connectivity index (χ2n) is 10.3. The third kappa shape index (κ3) is 12.0. The van der Waals surface area contributed by atoms with Crippen LogP contribution in [0.4, 0.5) is 0 Å². The molecule has 0 aliphatic heterocycles. The molecule has 2 aromatic rings. The van der Waals surface area contributed by atoms with E-state index >= 15 is 0 Å². The zero-order valence-electron chi connectivity index (χ0n) is 24.0. The Morgan fingerprint density at radius 3 is 2.70 bits per heavy atom. The van der Waals surface area contributed by atoms with Gasteiger partial charge in [0.15, 0.2) is 0 Å². The fourth-order valence-corrected chi connectivity index (χ4v) is 4.95. The van der Waals surface area contributed by atoms with E-state index in [2.05, 4.69) is 10.2 Å². The summed E-state index contributed by atoms with van der Waals surface area (Å²) in [5.41, 5.74) is 0.315. The van der Waals surface area contributed by atoms with Crippen molar-refractivity contribution in [1.29, 1.82) is 0 Å². The van der Waals surface area contributed by atoms with Gasteiger partial charge in [-0.25, -0.2) is 4.79 Å². The molecule has 3 rings (SSSR count). The van der Waals surface area contributed by atoms with Crippen LogP contribution in [0, 0.1) is 22.0 Å². The maximum Gasteiger partial charge on any atom is 0.330 e. The molecule has 1 amide bonds. The first kappa shape index (κ1) is 34.5. The molecule has 1 fully saturated rings. The molecule has 0 heterocycles. The Balaban J connectivity index is 1.35. The Morgan fingerprint density at radius 2 is 1.93 bits per heavy atom. The number of esters is 1. The van der Waals surface area contributed by atoms with E-state index < -0.39 is 29.4 Å². The van der Waals surface area contributed by atoms with Gasteiger partial charge in [-0.2, -0.15) is 0 Å². The number of aliphatic hydroxyl groups is 3. The minimum absolute atomic E-state index is 0.0108. The predicted molar refractivity (Wildman–Crippen MR) is 160 cm³/mol. The number of hydrogen-bond acceptors (Lipinski definition) is 10. The molecule has 0 saturated heterocycles. The van der Waals surface area contributed by atoms with Gasteiger partial charge in [0.05, 0.1) is 12.2 Å². The zero-order chi connectivity index (χ0) is 31.9. The molecule has 0 spiro atoms. The number of amides is 1. The fourth-order valence-electron chi connectivity index (χ4n) is 4.77. The first-order valence-corrected chi connectivity index (χ1v) is 14.6. The topological polar surface area (TPSA) is 178 Å². The molecule has 12 nitrogen and oxygen atoms in total. The summed E-state index contributed by atoms with van der Waals surface area (Å²) in [5, 5.41) is 43.7. The summed E-state index contributed by atoms with van der Waals surface area (Å²) < 4.78 is 10.7. The maximum atomic E-state index is 12.1. The third-order valence-electron chi connectivity index (χ3n) is 6.99. The molecule has 1 aliphatic carbocycles.